The first-order chi connectivity index (χ1) is 8.11. The van der Waals surface area contributed by atoms with Gasteiger partial charge in [-0.1, -0.05) is 6.07 Å². The van der Waals surface area contributed by atoms with Gasteiger partial charge in [0.1, 0.15) is 17.7 Å². The minimum Gasteiger partial charge on any atom is -0.382 e. The molecular formula is C12H10F2N2O. The number of halogens is 2. The lowest BCUT2D eigenvalue weighted by Crippen LogP contribution is -2.08. The highest BCUT2D eigenvalue weighted by Gasteiger charge is 2.22. The Hall–Kier alpha value is -1.88. The maximum Gasteiger partial charge on any atom is 0.135 e. The molecule has 3 nitrogen and oxygen atoms in total. The number of aliphatic hydroxyl groups is 1. The van der Waals surface area contributed by atoms with Crippen LogP contribution in [0.4, 0.5) is 8.78 Å². The molecule has 1 N–H and O–H groups in total. The molecule has 0 fully saturated rings. The molecule has 88 valence electrons. The van der Waals surface area contributed by atoms with Gasteiger partial charge in [-0.25, -0.2) is 8.78 Å². The average molecular weight is 236 g/mol. The highest BCUT2D eigenvalue weighted by atomic mass is 19.1. The van der Waals surface area contributed by atoms with Gasteiger partial charge < -0.3 is 5.11 Å². The molecule has 0 bridgehead atoms. The Morgan fingerprint density at radius 3 is 2.65 bits per heavy atom. The molecule has 1 heterocycles. The summed E-state index contributed by atoms with van der Waals surface area (Å²) in [4.78, 5) is 7.57. The van der Waals surface area contributed by atoms with Crippen molar-refractivity contribution >= 4 is 0 Å². The van der Waals surface area contributed by atoms with Crippen LogP contribution in [0.1, 0.15) is 22.9 Å². The van der Waals surface area contributed by atoms with Gasteiger partial charge in [0, 0.05) is 12.4 Å². The summed E-state index contributed by atoms with van der Waals surface area (Å²) in [7, 11) is 0. The van der Waals surface area contributed by atoms with Crippen molar-refractivity contribution in [2.75, 3.05) is 0 Å². The number of aromatic nitrogens is 2. The Morgan fingerprint density at radius 2 is 2.00 bits per heavy atom. The molecule has 1 aromatic heterocycles. The van der Waals surface area contributed by atoms with E-state index in [2.05, 4.69) is 9.97 Å². The lowest BCUT2D eigenvalue weighted by molar-refractivity contribution is 0.203. The molecule has 1 aromatic carbocycles. The zero-order chi connectivity index (χ0) is 12.4. The van der Waals surface area contributed by atoms with Crippen molar-refractivity contribution in [2.45, 2.75) is 13.0 Å². The zero-order valence-corrected chi connectivity index (χ0v) is 9.06. The number of hydrogen-bond donors (Lipinski definition) is 1. The van der Waals surface area contributed by atoms with Gasteiger partial charge >= 0.3 is 0 Å². The van der Waals surface area contributed by atoms with Crippen LogP contribution in [0.2, 0.25) is 0 Å². The van der Waals surface area contributed by atoms with E-state index in [1.165, 1.54) is 31.6 Å². The number of rotatable bonds is 2. The third-order valence-electron chi connectivity index (χ3n) is 2.46. The molecule has 1 unspecified atom stereocenters. The number of nitrogens with zero attached hydrogens (tertiary/aromatic N) is 2. The zero-order valence-electron chi connectivity index (χ0n) is 9.06. The molecule has 5 heteroatoms. The van der Waals surface area contributed by atoms with Crippen LogP contribution in [-0.2, 0) is 0 Å². The Labute approximate surface area is 96.8 Å². The largest absolute Gasteiger partial charge is 0.382 e. The van der Waals surface area contributed by atoms with Crippen LogP contribution in [0.5, 0.6) is 0 Å². The number of benzene rings is 1. The average Bonchev–Trinajstić information content (AvgIpc) is 2.35. The lowest BCUT2D eigenvalue weighted by atomic mass is 10.0. The van der Waals surface area contributed by atoms with Gasteiger partial charge in [0.05, 0.1) is 17.5 Å². The van der Waals surface area contributed by atoms with Crippen LogP contribution in [0.15, 0.2) is 30.7 Å². The maximum atomic E-state index is 13.8. The molecule has 1 atom stereocenters. The molecule has 17 heavy (non-hydrogen) atoms. The second kappa shape index (κ2) is 4.55. The SMILES string of the molecule is Cc1ccc(F)c(C(O)c2cnccn2)c1F. The minimum absolute atomic E-state index is 0.107. The summed E-state index contributed by atoms with van der Waals surface area (Å²) >= 11 is 0. The Kier molecular flexibility index (Phi) is 3.10. The second-order valence-corrected chi connectivity index (χ2v) is 3.62. The number of aliphatic hydroxyl groups excluding tert-OH is 1. The van der Waals surface area contributed by atoms with E-state index in [9.17, 15) is 13.9 Å². The first-order valence-corrected chi connectivity index (χ1v) is 4.99. The molecule has 0 aliphatic carbocycles. The first-order valence-electron chi connectivity index (χ1n) is 4.99. The molecule has 0 spiro atoms. The van der Waals surface area contributed by atoms with Gasteiger partial charge in [-0.2, -0.15) is 0 Å². The van der Waals surface area contributed by atoms with Crippen molar-refractivity contribution in [2.24, 2.45) is 0 Å². The highest BCUT2D eigenvalue weighted by molar-refractivity contribution is 5.32. The summed E-state index contributed by atoms with van der Waals surface area (Å²) in [6.07, 6.45) is 2.58. The molecular weight excluding hydrogens is 226 g/mol. The fraction of sp³-hybridized carbons (Fsp3) is 0.167. The number of hydrogen-bond acceptors (Lipinski definition) is 3. The number of aryl methyl sites for hydroxylation is 1. The van der Waals surface area contributed by atoms with Crippen molar-refractivity contribution in [3.8, 4) is 0 Å². The molecule has 0 amide bonds. The third-order valence-corrected chi connectivity index (χ3v) is 2.46. The van der Waals surface area contributed by atoms with Gasteiger partial charge in [-0.3, -0.25) is 9.97 Å². The summed E-state index contributed by atoms with van der Waals surface area (Å²) in [5.41, 5.74) is -0.0225. The van der Waals surface area contributed by atoms with Crippen LogP contribution < -0.4 is 0 Å². The van der Waals surface area contributed by atoms with Crippen LogP contribution in [0.3, 0.4) is 0 Å². The minimum atomic E-state index is -1.46. The molecule has 0 aliphatic heterocycles. The molecule has 0 saturated heterocycles. The molecule has 2 rings (SSSR count). The summed E-state index contributed by atoms with van der Waals surface area (Å²) in [6, 6.07) is 2.44. The van der Waals surface area contributed by atoms with Gasteiger partial charge in [0.2, 0.25) is 0 Å². The fourth-order valence-corrected chi connectivity index (χ4v) is 1.53. The third kappa shape index (κ3) is 2.14. The van der Waals surface area contributed by atoms with Crippen molar-refractivity contribution in [3.63, 3.8) is 0 Å². The van der Waals surface area contributed by atoms with Gasteiger partial charge in [-0.05, 0) is 18.6 Å². The first kappa shape index (κ1) is 11.6. The molecule has 0 aliphatic rings. The van der Waals surface area contributed by atoms with Crippen molar-refractivity contribution in [1.29, 1.82) is 0 Å². The van der Waals surface area contributed by atoms with E-state index in [1.54, 1.807) is 0 Å². The van der Waals surface area contributed by atoms with E-state index < -0.39 is 23.3 Å². The molecule has 0 saturated carbocycles. The van der Waals surface area contributed by atoms with Gasteiger partial charge in [0.15, 0.2) is 0 Å². The van der Waals surface area contributed by atoms with Crippen molar-refractivity contribution in [3.05, 3.63) is 59.2 Å². The molecule has 0 radical (unpaired) electrons. The van der Waals surface area contributed by atoms with E-state index in [0.29, 0.717) is 0 Å². The topological polar surface area (TPSA) is 46.0 Å². The summed E-state index contributed by atoms with van der Waals surface area (Å²) in [5, 5.41) is 9.90. The Balaban J connectivity index is 2.51. The van der Waals surface area contributed by atoms with Gasteiger partial charge in [-0.15, -0.1) is 0 Å². The Morgan fingerprint density at radius 1 is 1.24 bits per heavy atom. The summed E-state index contributed by atoms with van der Waals surface area (Å²) in [6.45, 7) is 1.50. The molecule has 2 aromatic rings. The monoisotopic (exact) mass is 236 g/mol. The smallest absolute Gasteiger partial charge is 0.135 e. The van der Waals surface area contributed by atoms with E-state index in [0.717, 1.165) is 6.07 Å². The second-order valence-electron chi connectivity index (χ2n) is 3.62. The van der Waals surface area contributed by atoms with E-state index in [4.69, 9.17) is 0 Å². The van der Waals surface area contributed by atoms with E-state index in [-0.39, 0.29) is 11.3 Å². The standard InChI is InChI=1S/C12H10F2N2O/c1-7-2-3-8(13)10(11(7)14)12(17)9-6-15-4-5-16-9/h2-6,12,17H,1H3. The quantitative estimate of drug-likeness (QED) is 0.868. The highest BCUT2D eigenvalue weighted by Crippen LogP contribution is 2.26. The Bertz CT molecular complexity index is 532. The van der Waals surface area contributed by atoms with Crippen LogP contribution in [0.25, 0.3) is 0 Å². The summed E-state index contributed by atoms with van der Waals surface area (Å²) in [5.74, 6) is -1.56. The van der Waals surface area contributed by atoms with E-state index in [1.807, 2.05) is 0 Å². The maximum absolute atomic E-state index is 13.8. The fourth-order valence-electron chi connectivity index (χ4n) is 1.53. The van der Waals surface area contributed by atoms with Crippen molar-refractivity contribution < 1.29 is 13.9 Å². The lowest BCUT2D eigenvalue weighted by Gasteiger charge is -2.13. The summed E-state index contributed by atoms with van der Waals surface area (Å²) < 4.78 is 27.3. The normalized spacial score (nSPS) is 12.5. The van der Waals surface area contributed by atoms with Crippen molar-refractivity contribution in [1.82, 2.24) is 9.97 Å². The van der Waals surface area contributed by atoms with E-state index >= 15 is 0 Å². The van der Waals surface area contributed by atoms with Crippen LogP contribution in [0, 0.1) is 18.6 Å². The van der Waals surface area contributed by atoms with Crippen LogP contribution >= 0.6 is 0 Å². The predicted octanol–water partition coefficient (Wildman–Crippen LogP) is 2.14. The predicted molar refractivity (Wildman–Crippen MR) is 57.2 cm³/mol. The van der Waals surface area contributed by atoms with Gasteiger partial charge in [0.25, 0.3) is 0 Å². The van der Waals surface area contributed by atoms with Crippen LogP contribution in [-0.4, -0.2) is 15.1 Å².